The lowest BCUT2D eigenvalue weighted by Gasteiger charge is -2.08. The molecule has 1 heterocycles. The van der Waals surface area contributed by atoms with E-state index in [1.807, 2.05) is 54.7 Å². The standard InChI is InChI=1S/C16H14ClN3O/c17-14-6-2-1-4-11(14)10-20-9-8-12-13(16(18)19-21)5-3-7-15(12)20/h1-9,21H,10H2,(H2,18,19). The molecule has 4 nitrogen and oxygen atoms in total. The van der Waals surface area contributed by atoms with E-state index >= 15 is 0 Å². The smallest absolute Gasteiger partial charge is 0.170 e. The highest BCUT2D eigenvalue weighted by Crippen LogP contribution is 2.23. The van der Waals surface area contributed by atoms with Crippen LogP contribution in [-0.4, -0.2) is 15.6 Å². The predicted molar refractivity (Wildman–Crippen MR) is 85.0 cm³/mol. The van der Waals surface area contributed by atoms with Crippen LogP contribution < -0.4 is 5.73 Å². The van der Waals surface area contributed by atoms with Gasteiger partial charge in [0, 0.05) is 34.2 Å². The number of amidine groups is 1. The molecule has 0 aliphatic heterocycles. The number of nitrogens with zero attached hydrogens (tertiary/aromatic N) is 2. The van der Waals surface area contributed by atoms with E-state index in [0.29, 0.717) is 12.1 Å². The van der Waals surface area contributed by atoms with Gasteiger partial charge in [-0.2, -0.15) is 0 Å². The molecule has 0 aliphatic carbocycles. The fourth-order valence-corrected chi connectivity index (χ4v) is 2.64. The van der Waals surface area contributed by atoms with Gasteiger partial charge in [-0.05, 0) is 23.8 Å². The Bertz CT molecular complexity index is 823. The molecule has 0 spiro atoms. The molecular weight excluding hydrogens is 286 g/mol. The summed E-state index contributed by atoms with van der Waals surface area (Å²) in [5.41, 5.74) is 8.49. The van der Waals surface area contributed by atoms with Crippen LogP contribution in [0.5, 0.6) is 0 Å². The van der Waals surface area contributed by atoms with Crippen LogP contribution in [0.25, 0.3) is 10.9 Å². The SMILES string of the molecule is N/C(=N/O)c1cccc2c1ccn2Cc1ccccc1Cl. The second-order valence-corrected chi connectivity index (χ2v) is 5.17. The van der Waals surface area contributed by atoms with Crippen LogP contribution >= 0.6 is 11.6 Å². The summed E-state index contributed by atoms with van der Waals surface area (Å²) in [6.45, 7) is 0.669. The number of halogens is 1. The zero-order valence-electron chi connectivity index (χ0n) is 11.2. The molecule has 3 rings (SSSR count). The molecule has 5 heteroatoms. The van der Waals surface area contributed by atoms with Crippen LogP contribution in [0.4, 0.5) is 0 Å². The van der Waals surface area contributed by atoms with E-state index in [9.17, 15) is 0 Å². The lowest BCUT2D eigenvalue weighted by atomic mass is 10.1. The van der Waals surface area contributed by atoms with Crippen LogP contribution in [0.15, 0.2) is 59.9 Å². The van der Waals surface area contributed by atoms with Crippen LogP contribution in [0.2, 0.25) is 5.02 Å². The van der Waals surface area contributed by atoms with Crippen molar-refractivity contribution < 1.29 is 5.21 Å². The van der Waals surface area contributed by atoms with E-state index in [2.05, 4.69) is 9.72 Å². The fourth-order valence-electron chi connectivity index (χ4n) is 2.45. The van der Waals surface area contributed by atoms with Crippen molar-refractivity contribution in [3.63, 3.8) is 0 Å². The molecule has 3 N–H and O–H groups in total. The summed E-state index contributed by atoms with van der Waals surface area (Å²) >= 11 is 6.21. The van der Waals surface area contributed by atoms with Crippen molar-refractivity contribution in [3.05, 3.63) is 70.9 Å². The fraction of sp³-hybridized carbons (Fsp3) is 0.0625. The minimum absolute atomic E-state index is 0.107. The third-order valence-electron chi connectivity index (χ3n) is 3.50. The highest BCUT2D eigenvalue weighted by atomic mass is 35.5. The molecule has 0 aliphatic rings. The monoisotopic (exact) mass is 299 g/mol. The van der Waals surface area contributed by atoms with Crippen LogP contribution in [-0.2, 0) is 6.54 Å². The Kier molecular flexibility index (Phi) is 3.54. The first-order chi connectivity index (χ1) is 10.2. The highest BCUT2D eigenvalue weighted by molar-refractivity contribution is 6.31. The van der Waals surface area contributed by atoms with Crippen molar-refractivity contribution in [2.24, 2.45) is 10.9 Å². The summed E-state index contributed by atoms with van der Waals surface area (Å²) in [6, 6.07) is 15.4. The first-order valence-electron chi connectivity index (χ1n) is 6.50. The Hall–Kier alpha value is -2.46. The molecule has 21 heavy (non-hydrogen) atoms. The van der Waals surface area contributed by atoms with Crippen LogP contribution in [0, 0.1) is 0 Å². The molecule has 2 aromatic carbocycles. The largest absolute Gasteiger partial charge is 0.409 e. The first-order valence-corrected chi connectivity index (χ1v) is 6.87. The Morgan fingerprint density at radius 1 is 1.14 bits per heavy atom. The van der Waals surface area contributed by atoms with Crippen LogP contribution in [0.1, 0.15) is 11.1 Å². The summed E-state index contributed by atoms with van der Waals surface area (Å²) in [5, 5.41) is 13.6. The maximum absolute atomic E-state index is 8.86. The van der Waals surface area contributed by atoms with E-state index in [-0.39, 0.29) is 5.84 Å². The lowest BCUT2D eigenvalue weighted by Crippen LogP contribution is -2.13. The van der Waals surface area contributed by atoms with Crippen molar-refractivity contribution in [1.82, 2.24) is 4.57 Å². The van der Waals surface area contributed by atoms with Gasteiger partial charge in [0.15, 0.2) is 5.84 Å². The summed E-state index contributed by atoms with van der Waals surface area (Å²) in [6.07, 6.45) is 1.97. The van der Waals surface area contributed by atoms with Gasteiger partial charge >= 0.3 is 0 Å². The minimum Gasteiger partial charge on any atom is -0.409 e. The number of oxime groups is 1. The number of nitrogens with two attached hydrogens (primary N) is 1. The first kappa shape index (κ1) is 13.5. The molecule has 0 saturated heterocycles. The quantitative estimate of drug-likeness (QED) is 0.337. The third kappa shape index (κ3) is 2.45. The normalized spacial score (nSPS) is 12.0. The van der Waals surface area contributed by atoms with Gasteiger partial charge in [-0.25, -0.2) is 0 Å². The molecular formula is C16H14ClN3O. The van der Waals surface area contributed by atoms with E-state index in [0.717, 1.165) is 21.5 Å². The predicted octanol–water partition coefficient (Wildman–Crippen LogP) is 3.44. The minimum atomic E-state index is 0.107. The van der Waals surface area contributed by atoms with Crippen molar-refractivity contribution in [1.29, 1.82) is 0 Å². The van der Waals surface area contributed by atoms with Gasteiger partial charge in [-0.15, -0.1) is 0 Å². The Balaban J connectivity index is 2.08. The van der Waals surface area contributed by atoms with Gasteiger partial charge in [0.25, 0.3) is 0 Å². The number of hydrogen-bond donors (Lipinski definition) is 2. The van der Waals surface area contributed by atoms with Crippen LogP contribution in [0.3, 0.4) is 0 Å². The highest BCUT2D eigenvalue weighted by Gasteiger charge is 2.09. The van der Waals surface area contributed by atoms with E-state index in [1.165, 1.54) is 0 Å². The van der Waals surface area contributed by atoms with Gasteiger partial charge < -0.3 is 15.5 Å². The Morgan fingerprint density at radius 3 is 2.71 bits per heavy atom. The molecule has 1 aromatic heterocycles. The maximum atomic E-state index is 8.86. The van der Waals surface area contributed by atoms with Crippen molar-refractivity contribution in [2.45, 2.75) is 6.54 Å². The number of fused-ring (bicyclic) bond motifs is 1. The van der Waals surface area contributed by atoms with E-state index in [4.69, 9.17) is 22.5 Å². The molecule has 0 bridgehead atoms. The average Bonchev–Trinajstić information content (AvgIpc) is 2.92. The molecule has 3 aromatic rings. The van der Waals surface area contributed by atoms with Crippen molar-refractivity contribution in [2.75, 3.05) is 0 Å². The van der Waals surface area contributed by atoms with Crippen molar-refractivity contribution >= 4 is 28.3 Å². The molecule has 0 radical (unpaired) electrons. The third-order valence-corrected chi connectivity index (χ3v) is 3.86. The van der Waals surface area contributed by atoms with Gasteiger partial charge in [0.2, 0.25) is 0 Å². The topological polar surface area (TPSA) is 63.5 Å². The molecule has 0 saturated carbocycles. The van der Waals surface area contributed by atoms with E-state index < -0.39 is 0 Å². The Morgan fingerprint density at radius 2 is 1.95 bits per heavy atom. The van der Waals surface area contributed by atoms with Gasteiger partial charge in [0.05, 0.1) is 0 Å². The summed E-state index contributed by atoms with van der Waals surface area (Å²) < 4.78 is 2.09. The lowest BCUT2D eigenvalue weighted by molar-refractivity contribution is 0.318. The molecule has 0 amide bonds. The second-order valence-electron chi connectivity index (χ2n) is 4.76. The van der Waals surface area contributed by atoms with Gasteiger partial charge in [0.1, 0.15) is 0 Å². The van der Waals surface area contributed by atoms with E-state index in [1.54, 1.807) is 0 Å². The number of hydrogen-bond acceptors (Lipinski definition) is 2. The van der Waals surface area contributed by atoms with Crippen molar-refractivity contribution in [3.8, 4) is 0 Å². The molecule has 106 valence electrons. The maximum Gasteiger partial charge on any atom is 0.170 e. The number of benzene rings is 2. The second kappa shape index (κ2) is 5.50. The zero-order chi connectivity index (χ0) is 14.8. The van der Waals surface area contributed by atoms with Gasteiger partial charge in [-0.1, -0.05) is 47.1 Å². The molecule has 0 fully saturated rings. The summed E-state index contributed by atoms with van der Waals surface area (Å²) in [7, 11) is 0. The van der Waals surface area contributed by atoms with Gasteiger partial charge in [-0.3, -0.25) is 0 Å². The molecule has 0 unspecified atom stereocenters. The zero-order valence-corrected chi connectivity index (χ0v) is 12.0. The number of aromatic nitrogens is 1. The summed E-state index contributed by atoms with van der Waals surface area (Å²) in [5.74, 6) is 0.107. The Labute approximate surface area is 127 Å². The summed E-state index contributed by atoms with van der Waals surface area (Å²) in [4.78, 5) is 0. The average molecular weight is 300 g/mol. The molecule has 0 atom stereocenters. The number of rotatable bonds is 3.